The van der Waals surface area contributed by atoms with Crippen molar-refractivity contribution in [3.05, 3.63) is 0 Å². The Morgan fingerprint density at radius 3 is 2.43 bits per heavy atom. The number of halogens is 1. The van der Waals surface area contributed by atoms with E-state index in [9.17, 15) is 9.18 Å². The van der Waals surface area contributed by atoms with E-state index in [4.69, 9.17) is 4.74 Å². The monoisotopic (exact) mass is 205 g/mol. The average Bonchev–Trinajstić information content (AvgIpc) is 2.28. The van der Waals surface area contributed by atoms with Crippen LogP contribution in [0.25, 0.3) is 0 Å². The van der Waals surface area contributed by atoms with Crippen molar-refractivity contribution in [1.29, 1.82) is 0 Å². The lowest BCUT2D eigenvalue weighted by molar-refractivity contribution is -0.423. The van der Waals surface area contributed by atoms with Gasteiger partial charge in [-0.1, -0.05) is 0 Å². The fourth-order valence-corrected chi connectivity index (χ4v) is 1.31. The third-order valence-corrected chi connectivity index (χ3v) is 2.01. The lowest BCUT2D eigenvalue weighted by atomic mass is 10.2. The van der Waals surface area contributed by atoms with Gasteiger partial charge in [-0.3, -0.25) is 4.90 Å². The van der Waals surface area contributed by atoms with E-state index in [1.165, 1.54) is 4.90 Å². The molecule has 82 valence electrons. The fourth-order valence-electron chi connectivity index (χ4n) is 1.31. The number of carbonyl (C=O) groups excluding carboxylic acids is 1. The molecule has 0 bridgehead atoms. The first-order valence-corrected chi connectivity index (χ1v) is 4.74. The average molecular weight is 205 g/mol. The molecule has 1 saturated heterocycles. The summed E-state index contributed by atoms with van der Waals surface area (Å²) in [7, 11) is 0. The number of hydrogen-bond donors (Lipinski definition) is 1. The molecule has 0 radical (unpaired) electrons. The Labute approximate surface area is 83.2 Å². The summed E-state index contributed by atoms with van der Waals surface area (Å²) in [4.78, 5) is 12.8. The van der Waals surface area contributed by atoms with Gasteiger partial charge in [0, 0.05) is 0 Å². The second-order valence-electron chi connectivity index (χ2n) is 4.66. The molecule has 3 N–H and O–H groups in total. The summed E-state index contributed by atoms with van der Waals surface area (Å²) in [6.07, 6.45) is -1.48. The fraction of sp³-hybridized carbons (Fsp3) is 0.889. The first kappa shape index (κ1) is 11.2. The topological polar surface area (TPSA) is 57.2 Å². The van der Waals surface area contributed by atoms with Crippen molar-refractivity contribution < 1.29 is 19.7 Å². The Hall–Kier alpha value is -0.840. The predicted molar refractivity (Wildman–Crippen MR) is 49.4 cm³/mol. The molecule has 14 heavy (non-hydrogen) atoms. The molecule has 1 heterocycles. The first-order chi connectivity index (χ1) is 6.29. The zero-order valence-corrected chi connectivity index (χ0v) is 8.92. The highest BCUT2D eigenvalue weighted by Crippen LogP contribution is 2.15. The molecular weight excluding hydrogens is 187 g/mol. The number of amides is 1. The maximum Gasteiger partial charge on any atom is 0.410 e. The van der Waals surface area contributed by atoms with Crippen LogP contribution in [-0.4, -0.2) is 41.9 Å². The van der Waals surface area contributed by atoms with Crippen LogP contribution in [-0.2, 0) is 4.74 Å². The van der Waals surface area contributed by atoms with Crippen molar-refractivity contribution in [3.63, 3.8) is 0 Å². The lowest BCUT2D eigenvalue weighted by Crippen LogP contribution is -2.65. The third-order valence-electron chi connectivity index (χ3n) is 2.01. The highest BCUT2D eigenvalue weighted by Gasteiger charge is 2.37. The minimum absolute atomic E-state index is 0.100. The van der Waals surface area contributed by atoms with Crippen molar-refractivity contribution in [2.75, 3.05) is 13.1 Å². The van der Waals surface area contributed by atoms with E-state index in [2.05, 4.69) is 5.73 Å². The van der Waals surface area contributed by atoms with Gasteiger partial charge in [-0.15, -0.1) is 0 Å². The minimum Gasteiger partial charge on any atom is -0.444 e. The number of nitrogens with zero attached hydrogens (tertiary/aromatic N) is 1. The molecule has 5 heteroatoms. The minimum atomic E-state index is -1.03. The quantitative estimate of drug-likeness (QED) is 0.613. The number of ether oxygens (including phenoxy) is 1. The smallest absolute Gasteiger partial charge is 0.410 e. The Kier molecular flexibility index (Phi) is 2.99. The number of hydrogen-bond acceptors (Lipinski definition) is 2. The molecule has 0 aromatic carbocycles. The molecule has 4 nitrogen and oxygen atoms in total. The summed E-state index contributed by atoms with van der Waals surface area (Å²) < 4.78 is 18.2. The molecule has 1 aliphatic heterocycles. The van der Waals surface area contributed by atoms with Crippen LogP contribution < -0.4 is 5.73 Å². The second kappa shape index (κ2) is 3.73. The van der Waals surface area contributed by atoms with Crippen LogP contribution in [0.2, 0.25) is 0 Å². The largest absolute Gasteiger partial charge is 0.444 e. The van der Waals surface area contributed by atoms with Gasteiger partial charge in [0.05, 0.1) is 13.1 Å². The molecule has 0 saturated carbocycles. The summed E-state index contributed by atoms with van der Waals surface area (Å²) in [5.41, 5.74) is 3.10. The van der Waals surface area contributed by atoms with Gasteiger partial charge < -0.3 is 10.5 Å². The summed E-state index contributed by atoms with van der Waals surface area (Å²) >= 11 is 0. The summed E-state index contributed by atoms with van der Waals surface area (Å²) in [6, 6.07) is -0.331. The van der Waals surface area contributed by atoms with Crippen molar-refractivity contribution >= 4 is 6.09 Å². The van der Waals surface area contributed by atoms with Crippen LogP contribution >= 0.6 is 0 Å². The van der Waals surface area contributed by atoms with Crippen LogP contribution in [0.5, 0.6) is 0 Å². The van der Waals surface area contributed by atoms with Crippen molar-refractivity contribution in [2.45, 2.75) is 38.6 Å². The summed E-state index contributed by atoms with van der Waals surface area (Å²) in [5.74, 6) is 0. The van der Waals surface area contributed by atoms with E-state index >= 15 is 0 Å². The zero-order chi connectivity index (χ0) is 10.9. The van der Waals surface area contributed by atoms with Gasteiger partial charge in [-0.2, -0.15) is 0 Å². The molecule has 0 unspecified atom stereocenters. The zero-order valence-electron chi connectivity index (χ0n) is 8.92. The molecule has 0 aliphatic carbocycles. The molecular formula is C9H18FN2O2+. The van der Waals surface area contributed by atoms with Crippen LogP contribution in [0.4, 0.5) is 9.18 Å². The second-order valence-corrected chi connectivity index (χ2v) is 4.66. The molecule has 1 fully saturated rings. The van der Waals surface area contributed by atoms with Crippen molar-refractivity contribution in [2.24, 2.45) is 0 Å². The summed E-state index contributed by atoms with van der Waals surface area (Å²) in [5, 5.41) is 0. The van der Waals surface area contributed by atoms with Crippen LogP contribution in [0.3, 0.4) is 0 Å². The van der Waals surface area contributed by atoms with Crippen LogP contribution in [0.15, 0.2) is 0 Å². The van der Waals surface area contributed by atoms with E-state index in [1.807, 2.05) is 0 Å². The van der Waals surface area contributed by atoms with E-state index in [1.54, 1.807) is 20.8 Å². The Morgan fingerprint density at radius 2 is 2.07 bits per heavy atom. The highest BCUT2D eigenvalue weighted by molar-refractivity contribution is 5.68. The highest BCUT2D eigenvalue weighted by atomic mass is 19.1. The van der Waals surface area contributed by atoms with Gasteiger partial charge in [-0.05, 0) is 20.8 Å². The van der Waals surface area contributed by atoms with Gasteiger partial charge in [0.15, 0.2) is 6.17 Å². The molecule has 2 atom stereocenters. The number of quaternary nitrogens is 1. The SMILES string of the molecule is CC(C)(C)OC(=O)N1C[C@@H]([NH3+])[C@H](F)C1. The maximum absolute atomic E-state index is 13.0. The maximum atomic E-state index is 13.0. The van der Waals surface area contributed by atoms with Gasteiger partial charge in [-0.25, -0.2) is 9.18 Å². The molecule has 0 aromatic heterocycles. The van der Waals surface area contributed by atoms with Gasteiger partial charge in [0.2, 0.25) is 0 Å². The van der Waals surface area contributed by atoms with E-state index in [0.29, 0.717) is 6.54 Å². The van der Waals surface area contributed by atoms with Crippen LogP contribution in [0, 0.1) is 0 Å². The number of rotatable bonds is 0. The van der Waals surface area contributed by atoms with E-state index < -0.39 is 17.9 Å². The Bertz CT molecular complexity index is 217. The van der Waals surface area contributed by atoms with E-state index in [-0.39, 0.29) is 12.6 Å². The normalized spacial score (nSPS) is 27.9. The first-order valence-electron chi connectivity index (χ1n) is 4.74. The number of likely N-dealkylation sites (tertiary alicyclic amines) is 1. The Balaban J connectivity index is 2.48. The number of carbonyl (C=O) groups is 1. The standard InChI is InChI=1S/C9H17FN2O2/c1-9(2,3)14-8(13)12-4-6(10)7(11)5-12/h6-7H,4-5,11H2,1-3H3/p+1/t6-,7-/m1/s1. The Morgan fingerprint density at radius 1 is 1.50 bits per heavy atom. The molecule has 1 rings (SSSR count). The molecule has 1 aliphatic rings. The predicted octanol–water partition coefficient (Wildman–Crippen LogP) is 0.186. The van der Waals surface area contributed by atoms with Crippen molar-refractivity contribution in [3.8, 4) is 0 Å². The van der Waals surface area contributed by atoms with Gasteiger partial charge in [0.25, 0.3) is 0 Å². The van der Waals surface area contributed by atoms with E-state index in [0.717, 1.165) is 0 Å². The molecule has 0 aromatic rings. The van der Waals surface area contributed by atoms with Crippen molar-refractivity contribution in [1.82, 2.24) is 4.90 Å². The lowest BCUT2D eigenvalue weighted by Gasteiger charge is -2.23. The third kappa shape index (κ3) is 2.83. The van der Waals surface area contributed by atoms with Gasteiger partial charge >= 0.3 is 6.09 Å². The number of alkyl halides is 1. The molecule has 0 spiro atoms. The molecule has 1 amide bonds. The van der Waals surface area contributed by atoms with Gasteiger partial charge in [0.1, 0.15) is 11.6 Å². The summed E-state index contributed by atoms with van der Waals surface area (Å²) in [6.45, 7) is 5.81. The van der Waals surface area contributed by atoms with Crippen LogP contribution in [0.1, 0.15) is 20.8 Å².